The predicted octanol–water partition coefficient (Wildman–Crippen LogP) is 6.36. The second kappa shape index (κ2) is 14.9. The van der Waals surface area contributed by atoms with E-state index in [0.29, 0.717) is 33.9 Å². The van der Waals surface area contributed by atoms with Crippen LogP contribution in [0.2, 0.25) is 5.02 Å². The Kier molecular flexibility index (Phi) is 10.7. The van der Waals surface area contributed by atoms with E-state index in [0.717, 1.165) is 4.90 Å². The molecule has 4 aromatic rings. The van der Waals surface area contributed by atoms with Gasteiger partial charge in [-0.25, -0.2) is 0 Å². The van der Waals surface area contributed by atoms with Crippen molar-refractivity contribution in [1.29, 1.82) is 0 Å². The van der Waals surface area contributed by atoms with Crippen molar-refractivity contribution in [2.24, 2.45) is 5.73 Å². The molecule has 4 amide bonds. The van der Waals surface area contributed by atoms with Gasteiger partial charge in [-0.3, -0.25) is 19.2 Å². The van der Waals surface area contributed by atoms with Crippen LogP contribution < -0.4 is 21.7 Å². The van der Waals surface area contributed by atoms with Gasteiger partial charge in [-0.05, 0) is 72.7 Å². The Balaban J connectivity index is 1.51. The summed E-state index contributed by atoms with van der Waals surface area (Å²) in [5.41, 5.74) is 7.53. The van der Waals surface area contributed by atoms with Gasteiger partial charge in [0.05, 0.1) is 16.5 Å². The quantitative estimate of drug-likeness (QED) is 0.116. The van der Waals surface area contributed by atoms with Crippen molar-refractivity contribution >= 4 is 64.4 Å². The van der Waals surface area contributed by atoms with Gasteiger partial charge in [-0.2, -0.15) is 0 Å². The fraction of sp³-hybridized carbons (Fsp3) is 0.0909. The Labute approximate surface area is 258 Å². The number of amides is 4. The van der Waals surface area contributed by atoms with E-state index < -0.39 is 23.0 Å². The Morgan fingerprint density at radius 2 is 1.58 bits per heavy atom. The Morgan fingerprint density at radius 1 is 0.860 bits per heavy atom. The lowest BCUT2D eigenvalue weighted by atomic mass is 10.1. The summed E-state index contributed by atoms with van der Waals surface area (Å²) >= 11 is 7.44. The second-order valence-electron chi connectivity index (χ2n) is 9.33. The molecule has 0 bridgehead atoms. The van der Waals surface area contributed by atoms with Crippen molar-refractivity contribution in [1.82, 2.24) is 5.32 Å². The van der Waals surface area contributed by atoms with E-state index in [2.05, 4.69) is 16.0 Å². The molecule has 0 aliphatic carbocycles. The summed E-state index contributed by atoms with van der Waals surface area (Å²) in [6.45, 7) is 1.88. The number of benzene rings is 4. The smallest absolute Gasteiger partial charge is 0.272 e. The van der Waals surface area contributed by atoms with Crippen molar-refractivity contribution in [3.05, 3.63) is 131 Å². The van der Waals surface area contributed by atoms with Crippen molar-refractivity contribution in [2.75, 3.05) is 10.6 Å². The molecule has 0 aliphatic heterocycles. The van der Waals surface area contributed by atoms with E-state index in [1.165, 1.54) is 11.8 Å². The molecule has 1 unspecified atom stereocenters. The van der Waals surface area contributed by atoms with Crippen molar-refractivity contribution in [3.63, 3.8) is 0 Å². The molecule has 0 aliphatic rings. The number of anilines is 2. The molecule has 0 spiro atoms. The molecule has 43 heavy (non-hydrogen) atoms. The van der Waals surface area contributed by atoms with Crippen LogP contribution in [0.1, 0.15) is 39.6 Å². The minimum Gasteiger partial charge on any atom is -0.366 e. The molecule has 0 saturated carbocycles. The van der Waals surface area contributed by atoms with Crippen molar-refractivity contribution < 1.29 is 19.2 Å². The third-order valence-corrected chi connectivity index (χ3v) is 7.77. The molecule has 4 rings (SSSR count). The van der Waals surface area contributed by atoms with Gasteiger partial charge in [-0.1, -0.05) is 67.1 Å². The van der Waals surface area contributed by atoms with Gasteiger partial charge in [0, 0.05) is 21.2 Å². The van der Waals surface area contributed by atoms with Crippen molar-refractivity contribution in [2.45, 2.75) is 23.5 Å². The van der Waals surface area contributed by atoms with Gasteiger partial charge in [-0.15, -0.1) is 11.8 Å². The number of carbonyl (C=O) groups excluding carboxylic acids is 4. The van der Waals surface area contributed by atoms with Crippen LogP contribution in [0.25, 0.3) is 6.08 Å². The zero-order valence-electron chi connectivity index (χ0n) is 23.2. The van der Waals surface area contributed by atoms with Gasteiger partial charge in [0.1, 0.15) is 5.70 Å². The number of carbonyl (C=O) groups is 4. The summed E-state index contributed by atoms with van der Waals surface area (Å²) in [5.74, 6) is -1.91. The third kappa shape index (κ3) is 8.81. The lowest BCUT2D eigenvalue weighted by molar-refractivity contribution is -0.116. The summed E-state index contributed by atoms with van der Waals surface area (Å²) in [5, 5.41) is 8.33. The molecular formula is C33H29ClN4O4S. The van der Waals surface area contributed by atoms with Crippen LogP contribution in [-0.4, -0.2) is 28.9 Å². The molecule has 0 radical (unpaired) electrons. The molecule has 0 aromatic heterocycles. The summed E-state index contributed by atoms with van der Waals surface area (Å²) in [6.07, 6.45) is 2.05. The number of primary amides is 1. The number of rotatable bonds is 11. The summed E-state index contributed by atoms with van der Waals surface area (Å²) in [6, 6.07) is 29.1. The van der Waals surface area contributed by atoms with Gasteiger partial charge < -0.3 is 21.7 Å². The van der Waals surface area contributed by atoms with E-state index in [-0.39, 0.29) is 17.2 Å². The minimum atomic E-state index is -0.635. The molecule has 0 saturated heterocycles. The first-order valence-corrected chi connectivity index (χ1v) is 14.6. The summed E-state index contributed by atoms with van der Waals surface area (Å²) in [4.78, 5) is 51.9. The van der Waals surface area contributed by atoms with Gasteiger partial charge in [0.25, 0.3) is 17.7 Å². The molecule has 4 aromatic carbocycles. The van der Waals surface area contributed by atoms with Crippen LogP contribution in [0.5, 0.6) is 0 Å². The normalized spacial score (nSPS) is 11.7. The van der Waals surface area contributed by atoms with Gasteiger partial charge in [0.2, 0.25) is 5.91 Å². The first-order valence-electron chi connectivity index (χ1n) is 13.3. The van der Waals surface area contributed by atoms with E-state index >= 15 is 0 Å². The van der Waals surface area contributed by atoms with E-state index in [4.69, 9.17) is 17.3 Å². The first-order chi connectivity index (χ1) is 20.7. The highest BCUT2D eigenvalue weighted by Gasteiger charge is 2.21. The van der Waals surface area contributed by atoms with Gasteiger partial charge in [0.15, 0.2) is 0 Å². The van der Waals surface area contributed by atoms with Crippen LogP contribution in [0.4, 0.5) is 11.4 Å². The topological polar surface area (TPSA) is 130 Å². The monoisotopic (exact) mass is 612 g/mol. The minimum absolute atomic E-state index is 0.0214. The zero-order chi connectivity index (χ0) is 30.8. The summed E-state index contributed by atoms with van der Waals surface area (Å²) in [7, 11) is 0. The van der Waals surface area contributed by atoms with Crippen LogP contribution >= 0.6 is 23.4 Å². The molecule has 5 N–H and O–H groups in total. The number of hydrogen-bond donors (Lipinski definition) is 4. The lowest BCUT2D eigenvalue weighted by Crippen LogP contribution is -2.30. The first kappa shape index (κ1) is 31.1. The average molecular weight is 613 g/mol. The molecule has 0 heterocycles. The van der Waals surface area contributed by atoms with E-state index in [1.807, 2.05) is 13.0 Å². The maximum atomic E-state index is 13.4. The van der Waals surface area contributed by atoms with Crippen LogP contribution in [-0.2, 0) is 9.59 Å². The lowest BCUT2D eigenvalue weighted by Gasteiger charge is -2.17. The maximum absolute atomic E-state index is 13.4. The number of halogens is 1. The number of nitrogens with one attached hydrogen (secondary N) is 3. The molecule has 218 valence electrons. The highest BCUT2D eigenvalue weighted by molar-refractivity contribution is 8.00. The number of nitrogens with two attached hydrogens (primary N) is 1. The highest BCUT2D eigenvalue weighted by Crippen LogP contribution is 2.29. The molecular weight excluding hydrogens is 584 g/mol. The molecule has 1 atom stereocenters. The molecule has 8 nitrogen and oxygen atoms in total. The SMILES string of the molecule is CCC(Sc1cccc(NC(=O)/C(=C\c2cccc(Cl)c2)NC(=O)c2ccccc2)c1)C(=O)Nc1ccccc1C(N)=O. The maximum Gasteiger partial charge on any atom is 0.272 e. The number of hydrogen-bond acceptors (Lipinski definition) is 5. The fourth-order valence-corrected chi connectivity index (χ4v) is 5.27. The Morgan fingerprint density at radius 3 is 2.30 bits per heavy atom. The molecule has 10 heteroatoms. The largest absolute Gasteiger partial charge is 0.366 e. The van der Waals surface area contributed by atoms with Crippen LogP contribution in [0, 0.1) is 0 Å². The predicted molar refractivity (Wildman–Crippen MR) is 172 cm³/mol. The van der Waals surface area contributed by atoms with Crippen LogP contribution in [0.15, 0.2) is 114 Å². The van der Waals surface area contributed by atoms with E-state index in [9.17, 15) is 19.2 Å². The second-order valence-corrected chi connectivity index (χ2v) is 11.0. The standard InChI is InChI=1S/C33H29ClN4O4S/c1-2-29(33(42)37-27-17-7-6-16-26(27)30(35)39)43-25-15-9-14-24(20-25)36-32(41)28(19-21-10-8-13-23(34)18-21)38-31(40)22-11-4-3-5-12-22/h3-20,29H,2H2,1H3,(H2,35,39)(H,36,41)(H,37,42)(H,38,40)/b28-19+. The highest BCUT2D eigenvalue weighted by atomic mass is 35.5. The van der Waals surface area contributed by atoms with Gasteiger partial charge >= 0.3 is 0 Å². The summed E-state index contributed by atoms with van der Waals surface area (Å²) < 4.78 is 0. The number of para-hydroxylation sites is 1. The van der Waals surface area contributed by atoms with Crippen LogP contribution in [0.3, 0.4) is 0 Å². The number of thioether (sulfide) groups is 1. The average Bonchev–Trinajstić information content (AvgIpc) is 3.00. The third-order valence-electron chi connectivity index (χ3n) is 6.17. The fourth-order valence-electron chi connectivity index (χ4n) is 4.06. The Bertz CT molecular complexity index is 1680. The zero-order valence-corrected chi connectivity index (χ0v) is 24.7. The Hall–Kier alpha value is -4.86. The molecule has 0 fully saturated rings. The van der Waals surface area contributed by atoms with E-state index in [1.54, 1.807) is 103 Å². The van der Waals surface area contributed by atoms with Crippen molar-refractivity contribution in [3.8, 4) is 0 Å².